The Kier molecular flexibility index (Phi) is 4.67. The van der Waals surface area contributed by atoms with Crippen LogP contribution >= 0.6 is 47.0 Å². The molecule has 4 atom stereocenters. The number of nitriles is 2. The molecule has 10 heteroatoms. The van der Waals surface area contributed by atoms with E-state index in [1.165, 1.54) is 0 Å². The molecule has 116 valence electrons. The Morgan fingerprint density at radius 2 is 1.08 bits per heavy atom. The number of carbonyl (C=O) groups excluding carboxylic acids is 2. The number of allylic oxidation sites excluding steroid dienone is 2. The third-order valence-electron chi connectivity index (χ3n) is 3.43. The van der Waals surface area contributed by atoms with Crippen LogP contribution in [0.4, 0.5) is 0 Å². The average Bonchev–Trinajstić information content (AvgIpc) is 2.63. The quantitative estimate of drug-likeness (QED) is 0.585. The zero-order valence-electron chi connectivity index (χ0n) is 11.5. The van der Waals surface area contributed by atoms with Crippen LogP contribution in [0.25, 0.3) is 9.69 Å². The monoisotopic (exact) mass is 388 g/mol. The summed E-state index contributed by atoms with van der Waals surface area (Å²) in [6, 6.07) is 3.83. The van der Waals surface area contributed by atoms with E-state index in [9.17, 15) is 9.59 Å². The Hall–Kier alpha value is -1.82. The van der Waals surface area contributed by atoms with Crippen molar-refractivity contribution in [3.8, 4) is 12.1 Å². The van der Waals surface area contributed by atoms with E-state index < -0.39 is 21.0 Å². The van der Waals surface area contributed by atoms with Crippen LogP contribution in [0.1, 0.15) is 0 Å². The van der Waals surface area contributed by atoms with Gasteiger partial charge in [0.1, 0.15) is 0 Å². The van der Waals surface area contributed by atoms with E-state index in [4.69, 9.17) is 23.7 Å². The number of ketones is 2. The van der Waals surface area contributed by atoms with Crippen LogP contribution in [0.5, 0.6) is 0 Å². The smallest absolute Gasteiger partial charge is 0.245 e. The van der Waals surface area contributed by atoms with Gasteiger partial charge in [-0.25, -0.2) is 9.69 Å². The fourth-order valence-electron chi connectivity index (χ4n) is 2.40. The van der Waals surface area contributed by atoms with E-state index in [1.807, 2.05) is 12.1 Å². The summed E-state index contributed by atoms with van der Waals surface area (Å²) in [6.45, 7) is 14.3. The lowest BCUT2D eigenvalue weighted by molar-refractivity contribution is -0.126. The summed E-state index contributed by atoms with van der Waals surface area (Å²) in [6.07, 6.45) is 0. The highest BCUT2D eigenvalue weighted by Crippen LogP contribution is 2.53. The topological polar surface area (TPSA) is 90.4 Å². The largest absolute Gasteiger partial charge is 0.297 e. The molecular formula is C14H4N4O2S4. The molecule has 4 unspecified atom stereocenters. The number of fused-ring (bicyclic) bond motifs is 2. The summed E-state index contributed by atoms with van der Waals surface area (Å²) in [7, 11) is 0. The van der Waals surface area contributed by atoms with Gasteiger partial charge in [-0.3, -0.25) is 9.59 Å². The lowest BCUT2D eigenvalue weighted by atomic mass is 9.95. The maximum atomic E-state index is 12.8. The van der Waals surface area contributed by atoms with Crippen molar-refractivity contribution in [3.63, 3.8) is 0 Å². The molecule has 3 aliphatic rings. The van der Waals surface area contributed by atoms with Gasteiger partial charge in [0.2, 0.25) is 10.1 Å². The zero-order valence-corrected chi connectivity index (χ0v) is 14.8. The lowest BCUT2D eigenvalue weighted by Gasteiger charge is -2.41. The molecule has 6 nitrogen and oxygen atoms in total. The van der Waals surface area contributed by atoms with Crippen LogP contribution in [-0.4, -0.2) is 32.6 Å². The first kappa shape index (κ1) is 17.0. The van der Waals surface area contributed by atoms with Crippen LogP contribution < -0.4 is 0 Å². The minimum atomic E-state index is -0.730. The van der Waals surface area contributed by atoms with Crippen LogP contribution in [0.15, 0.2) is 19.9 Å². The number of carbonyl (C=O) groups is 2. The SMILES string of the molecule is [C-]#[N+]C1=C(C#N)SC2C(=O)C3SC(C#N)=C([N+]#[C-])SC3C(=O)C2S1. The highest BCUT2D eigenvalue weighted by Gasteiger charge is 2.55. The van der Waals surface area contributed by atoms with Crippen molar-refractivity contribution in [1.82, 2.24) is 0 Å². The summed E-state index contributed by atoms with van der Waals surface area (Å²) in [4.78, 5) is 32.5. The van der Waals surface area contributed by atoms with Crippen molar-refractivity contribution in [1.29, 1.82) is 10.5 Å². The number of hydrogen-bond donors (Lipinski definition) is 0. The molecule has 0 saturated heterocycles. The minimum Gasteiger partial charge on any atom is -0.297 e. The van der Waals surface area contributed by atoms with E-state index in [-0.39, 0.29) is 31.4 Å². The van der Waals surface area contributed by atoms with Crippen molar-refractivity contribution in [3.05, 3.63) is 42.7 Å². The van der Waals surface area contributed by atoms with Crippen LogP contribution in [0, 0.1) is 35.8 Å². The summed E-state index contributed by atoms with van der Waals surface area (Å²) in [5, 5.41) is 15.6. The first-order chi connectivity index (χ1) is 11.5. The number of Topliss-reactive ketones (excluding diaryl/α,β-unsaturated/α-hetero) is 2. The predicted octanol–water partition coefficient (Wildman–Crippen LogP) is 2.80. The fourth-order valence-corrected chi connectivity index (χ4v) is 7.70. The van der Waals surface area contributed by atoms with E-state index in [1.54, 1.807) is 0 Å². The highest BCUT2D eigenvalue weighted by molar-refractivity contribution is 8.14. The van der Waals surface area contributed by atoms with E-state index >= 15 is 0 Å². The summed E-state index contributed by atoms with van der Waals surface area (Å²) < 4.78 is 0. The Morgan fingerprint density at radius 3 is 1.38 bits per heavy atom. The molecular weight excluding hydrogens is 384 g/mol. The van der Waals surface area contributed by atoms with Crippen LogP contribution in [0.2, 0.25) is 0 Å². The Balaban J connectivity index is 2.01. The van der Waals surface area contributed by atoms with Gasteiger partial charge < -0.3 is 0 Å². The van der Waals surface area contributed by atoms with Crippen molar-refractivity contribution < 1.29 is 9.59 Å². The molecule has 0 aromatic heterocycles. The molecule has 2 aliphatic heterocycles. The lowest BCUT2D eigenvalue weighted by Crippen LogP contribution is -2.56. The van der Waals surface area contributed by atoms with Crippen LogP contribution in [-0.2, 0) is 9.59 Å². The van der Waals surface area contributed by atoms with Crippen molar-refractivity contribution in [2.45, 2.75) is 21.0 Å². The molecule has 0 aromatic rings. The maximum Gasteiger partial charge on any atom is 0.245 e. The van der Waals surface area contributed by atoms with Crippen molar-refractivity contribution >= 4 is 58.6 Å². The maximum absolute atomic E-state index is 12.8. The molecule has 2 heterocycles. The summed E-state index contributed by atoms with van der Waals surface area (Å²) in [5.74, 6) is -0.427. The number of nitrogens with zero attached hydrogens (tertiary/aromatic N) is 4. The Labute approximate surface area is 154 Å². The second kappa shape index (κ2) is 6.59. The van der Waals surface area contributed by atoms with Gasteiger partial charge in [0, 0.05) is 0 Å². The Bertz CT molecular complexity index is 754. The molecule has 0 N–H and O–H groups in total. The van der Waals surface area contributed by atoms with E-state index in [0.29, 0.717) is 0 Å². The molecule has 1 fully saturated rings. The van der Waals surface area contributed by atoms with Crippen molar-refractivity contribution in [2.24, 2.45) is 0 Å². The molecule has 0 bridgehead atoms. The van der Waals surface area contributed by atoms with Crippen molar-refractivity contribution in [2.75, 3.05) is 0 Å². The molecule has 0 spiro atoms. The van der Waals surface area contributed by atoms with E-state index in [2.05, 4.69) is 9.69 Å². The molecule has 1 saturated carbocycles. The molecule has 1 aliphatic carbocycles. The third-order valence-corrected chi connectivity index (χ3v) is 9.15. The second-order valence-corrected chi connectivity index (χ2v) is 9.24. The molecule has 0 radical (unpaired) electrons. The van der Waals surface area contributed by atoms with Gasteiger partial charge in [0.15, 0.2) is 11.6 Å². The number of thioether (sulfide) groups is 4. The first-order valence-electron chi connectivity index (χ1n) is 6.33. The normalized spacial score (nSPS) is 32.0. The van der Waals surface area contributed by atoms with Gasteiger partial charge in [-0.1, -0.05) is 0 Å². The predicted molar refractivity (Wildman–Crippen MR) is 94.0 cm³/mol. The number of hydrogen-bond acceptors (Lipinski definition) is 8. The summed E-state index contributed by atoms with van der Waals surface area (Å²) in [5.41, 5.74) is 0. The second-order valence-electron chi connectivity index (χ2n) is 4.67. The third kappa shape index (κ3) is 2.53. The summed E-state index contributed by atoms with van der Waals surface area (Å²) >= 11 is 3.85. The average molecular weight is 388 g/mol. The number of rotatable bonds is 0. The fraction of sp³-hybridized carbons (Fsp3) is 0.286. The van der Waals surface area contributed by atoms with Gasteiger partial charge in [-0.2, -0.15) is 10.5 Å². The molecule has 0 aromatic carbocycles. The van der Waals surface area contributed by atoms with E-state index in [0.717, 1.165) is 47.0 Å². The van der Waals surface area contributed by atoms with Gasteiger partial charge >= 0.3 is 0 Å². The highest BCUT2D eigenvalue weighted by atomic mass is 32.2. The Morgan fingerprint density at radius 1 is 0.750 bits per heavy atom. The first-order valence-corrected chi connectivity index (χ1v) is 9.85. The van der Waals surface area contributed by atoms with Gasteiger partial charge in [-0.05, 0) is 0 Å². The molecule has 24 heavy (non-hydrogen) atoms. The molecule has 0 amide bonds. The van der Waals surface area contributed by atoms with Gasteiger partial charge in [0.05, 0.1) is 56.1 Å². The van der Waals surface area contributed by atoms with Gasteiger partial charge in [0.25, 0.3) is 0 Å². The van der Waals surface area contributed by atoms with Gasteiger partial charge in [-0.15, -0.1) is 47.0 Å². The minimum absolute atomic E-state index is 0.135. The molecule has 3 rings (SSSR count). The zero-order chi connectivity index (χ0) is 17.4. The standard InChI is InChI=1S/C14H4N4O2S4/c1-17-13-5(3-15)21-9-7(19)10-12(8(20)11(9)23-13)24-14(18-2)6(4-16)22-10/h9-12H. The van der Waals surface area contributed by atoms with Crippen LogP contribution in [0.3, 0.4) is 0 Å².